The molecule has 0 radical (unpaired) electrons. The fraction of sp³-hybridized carbons (Fsp3) is 0.367. The smallest absolute Gasteiger partial charge is 0.269 e. The molecule has 2 aromatic heterocycles. The zero-order valence-electron chi connectivity index (χ0n) is 46.3. The minimum atomic E-state index is -2.80. The number of rotatable bonds is 23. The number of nitrogens with zero attached hydrogens (tertiary/aromatic N) is 7. The fourth-order valence-electron chi connectivity index (χ4n) is 9.46. The van der Waals surface area contributed by atoms with Gasteiger partial charge in [-0.05, 0) is 111 Å². The normalized spacial score (nSPS) is 17.6. The summed E-state index contributed by atoms with van der Waals surface area (Å²) in [7, 11) is -1.43. The highest BCUT2D eigenvalue weighted by Crippen LogP contribution is 2.53. The number of nitro benzene ring substituents is 1. The Morgan fingerprint density at radius 1 is 0.808 bits per heavy atom. The number of aromatic nitrogens is 4. The van der Waals surface area contributed by atoms with Gasteiger partial charge >= 0.3 is 0 Å². The SMILES string of the molecule is COc1ccc(C(OC[C@H]2O[C@@H](n3c(-c4ccc([N+](=O)[O-])cc4)nc4c(C=Cc5ccccc5)ncnc43)[C@H](O[Si](C)(C)C(C)(C)C)[C@@H]2OP(OCCC#N)N(C(C)C)C(C)C)(c2ccccc2)c2ccc(OC)cc2)cc1. The van der Waals surface area contributed by atoms with Crippen LogP contribution in [0.1, 0.15) is 89.1 Å². The molecule has 5 aromatic carbocycles. The molecule has 7 aromatic rings. The Balaban J connectivity index is 1.39. The summed E-state index contributed by atoms with van der Waals surface area (Å²) in [6.07, 6.45) is 1.83. The molecule has 3 heterocycles. The fourth-order valence-corrected chi connectivity index (χ4v) is 12.5. The number of hydrogen-bond acceptors (Lipinski definition) is 14. The average molecular weight is 1090 g/mol. The second-order valence-electron chi connectivity index (χ2n) is 21.1. The summed E-state index contributed by atoms with van der Waals surface area (Å²) < 4.78 is 52.8. The standard InChI is InChI=1S/C60H70N7O9PSi/c1-41(2)66(42(3)4)77(73-38-18-37-61)75-54-52(39-72-60(45-21-16-13-17-22-45,46-26-32-49(70-8)33-27-46)47-28-34-50(71-9)35-29-47)74-58(55(54)76-78(10,11)59(5,6)7)65-56(44-24-30-48(31-25-44)67(68)69)64-53-51(62-40-63-57(53)65)36-23-43-19-14-12-15-20-43/h12-17,19-36,40-42,52,54-55,58H,18,38-39H2,1-11H3/t52-,54-,55-,58-,77?/m1/s1. The van der Waals surface area contributed by atoms with Gasteiger partial charge in [0.1, 0.15) is 53.1 Å². The van der Waals surface area contributed by atoms with E-state index in [1.807, 2.05) is 126 Å². The van der Waals surface area contributed by atoms with Crippen molar-refractivity contribution in [1.82, 2.24) is 24.2 Å². The van der Waals surface area contributed by atoms with Crippen molar-refractivity contribution in [2.45, 2.75) is 115 Å². The molecule has 1 aliphatic heterocycles. The lowest BCUT2D eigenvalue weighted by atomic mass is 9.80. The van der Waals surface area contributed by atoms with Crippen molar-refractivity contribution < 1.29 is 37.3 Å². The molecule has 1 aliphatic rings. The van der Waals surface area contributed by atoms with Crippen LogP contribution in [0.4, 0.5) is 5.69 Å². The summed E-state index contributed by atoms with van der Waals surface area (Å²) in [6.45, 7) is 19.4. The number of non-ortho nitro benzene ring substituents is 1. The number of nitro groups is 1. The quantitative estimate of drug-likeness (QED) is 0.0147. The number of benzene rings is 5. The van der Waals surface area contributed by atoms with Gasteiger partial charge in [-0.3, -0.25) is 14.7 Å². The summed E-state index contributed by atoms with van der Waals surface area (Å²) in [6, 6.07) is 44.1. The number of fused-ring (bicyclic) bond motifs is 1. The van der Waals surface area contributed by atoms with Crippen LogP contribution in [0.2, 0.25) is 18.1 Å². The Bertz CT molecular complexity index is 3110. The van der Waals surface area contributed by atoms with Crippen molar-refractivity contribution >= 4 is 45.8 Å². The van der Waals surface area contributed by atoms with Crippen LogP contribution in [0.15, 0.2) is 140 Å². The van der Waals surface area contributed by atoms with E-state index < -0.39 is 51.9 Å². The van der Waals surface area contributed by atoms with Crippen LogP contribution in [0, 0.1) is 21.4 Å². The molecule has 1 unspecified atom stereocenters. The maximum Gasteiger partial charge on any atom is 0.269 e. The van der Waals surface area contributed by atoms with Gasteiger partial charge in [0, 0.05) is 29.8 Å². The predicted molar refractivity (Wildman–Crippen MR) is 307 cm³/mol. The van der Waals surface area contributed by atoms with Gasteiger partial charge in [-0.25, -0.2) is 19.6 Å². The van der Waals surface area contributed by atoms with Gasteiger partial charge < -0.3 is 32.4 Å². The van der Waals surface area contributed by atoms with Crippen LogP contribution in [0.25, 0.3) is 34.7 Å². The van der Waals surface area contributed by atoms with Crippen molar-refractivity contribution in [3.63, 3.8) is 0 Å². The van der Waals surface area contributed by atoms with Gasteiger partial charge in [-0.15, -0.1) is 0 Å². The molecule has 16 nitrogen and oxygen atoms in total. The predicted octanol–water partition coefficient (Wildman–Crippen LogP) is 13.5. The van der Waals surface area contributed by atoms with Crippen LogP contribution in [0.3, 0.4) is 0 Å². The Hall–Kier alpha value is -6.71. The van der Waals surface area contributed by atoms with E-state index in [4.69, 9.17) is 47.4 Å². The summed E-state index contributed by atoms with van der Waals surface area (Å²) in [5, 5.41) is 21.6. The Morgan fingerprint density at radius 2 is 1.38 bits per heavy atom. The molecule has 78 heavy (non-hydrogen) atoms. The first-order valence-electron chi connectivity index (χ1n) is 26.2. The Morgan fingerprint density at radius 3 is 1.92 bits per heavy atom. The zero-order chi connectivity index (χ0) is 55.8. The van der Waals surface area contributed by atoms with E-state index in [0.29, 0.717) is 39.7 Å². The lowest BCUT2D eigenvalue weighted by Crippen LogP contribution is -2.50. The van der Waals surface area contributed by atoms with Gasteiger partial charge in [-0.2, -0.15) is 5.26 Å². The molecule has 8 rings (SSSR count). The molecule has 408 valence electrons. The largest absolute Gasteiger partial charge is 0.497 e. The van der Waals surface area contributed by atoms with Crippen molar-refractivity contribution in [2.24, 2.45) is 0 Å². The molecule has 0 bridgehead atoms. The van der Waals surface area contributed by atoms with Gasteiger partial charge in [-0.1, -0.05) is 112 Å². The van der Waals surface area contributed by atoms with E-state index in [0.717, 1.165) is 22.3 Å². The van der Waals surface area contributed by atoms with E-state index in [2.05, 4.69) is 72.3 Å². The third kappa shape index (κ3) is 12.4. The third-order valence-corrected chi connectivity index (χ3v) is 21.0. The molecule has 1 saturated heterocycles. The maximum absolute atomic E-state index is 12.1. The second kappa shape index (κ2) is 25.0. The topological polar surface area (TPSA) is 178 Å². The maximum atomic E-state index is 12.1. The van der Waals surface area contributed by atoms with Gasteiger partial charge in [0.2, 0.25) is 0 Å². The molecule has 0 N–H and O–H groups in total. The number of hydrogen-bond donors (Lipinski definition) is 0. The number of nitriles is 1. The molecule has 0 amide bonds. The lowest BCUT2D eigenvalue weighted by molar-refractivity contribution is -0.384. The van der Waals surface area contributed by atoms with E-state index in [1.54, 1.807) is 26.4 Å². The van der Waals surface area contributed by atoms with Crippen LogP contribution in [-0.2, 0) is 28.5 Å². The zero-order valence-corrected chi connectivity index (χ0v) is 48.2. The molecule has 1 fully saturated rings. The monoisotopic (exact) mass is 1090 g/mol. The summed E-state index contributed by atoms with van der Waals surface area (Å²) in [5.74, 6) is 1.78. The lowest BCUT2D eigenvalue weighted by Gasteiger charge is -2.42. The van der Waals surface area contributed by atoms with E-state index >= 15 is 0 Å². The van der Waals surface area contributed by atoms with Crippen LogP contribution < -0.4 is 9.47 Å². The molecule has 18 heteroatoms. The first-order chi connectivity index (χ1) is 37.4. The first kappa shape index (κ1) is 57.5. The highest BCUT2D eigenvalue weighted by atomic mass is 31.2. The Kier molecular flexibility index (Phi) is 18.4. The number of ether oxygens (including phenoxy) is 4. The molecular formula is C60H70N7O9PSi. The summed E-state index contributed by atoms with van der Waals surface area (Å²) in [5.41, 5.74) is 4.15. The van der Waals surface area contributed by atoms with Crippen molar-refractivity contribution in [3.05, 3.63) is 178 Å². The summed E-state index contributed by atoms with van der Waals surface area (Å²) in [4.78, 5) is 26.6. The molecule has 0 saturated carbocycles. The first-order valence-corrected chi connectivity index (χ1v) is 30.2. The number of imidazole rings is 1. The molecular weight excluding hydrogens is 1020 g/mol. The highest BCUT2D eigenvalue weighted by Gasteiger charge is 2.55. The van der Waals surface area contributed by atoms with Gasteiger partial charge in [0.05, 0.1) is 50.5 Å². The molecule has 5 atom stereocenters. The van der Waals surface area contributed by atoms with Gasteiger partial charge in [0.15, 0.2) is 20.2 Å². The summed E-state index contributed by atoms with van der Waals surface area (Å²) >= 11 is 0. The van der Waals surface area contributed by atoms with Crippen LogP contribution in [-0.4, -0.2) is 95.3 Å². The second-order valence-corrected chi connectivity index (χ2v) is 27.3. The van der Waals surface area contributed by atoms with Crippen LogP contribution >= 0.6 is 8.53 Å². The highest BCUT2D eigenvalue weighted by molar-refractivity contribution is 7.44. The van der Waals surface area contributed by atoms with Crippen molar-refractivity contribution in [3.8, 4) is 29.0 Å². The minimum absolute atomic E-state index is 0.0351. The number of methoxy groups -OCH3 is 2. The van der Waals surface area contributed by atoms with Gasteiger partial charge in [0.25, 0.3) is 14.2 Å². The van der Waals surface area contributed by atoms with Crippen LogP contribution in [0.5, 0.6) is 11.5 Å². The minimum Gasteiger partial charge on any atom is -0.497 e. The Labute approximate surface area is 460 Å². The van der Waals surface area contributed by atoms with E-state index in [-0.39, 0.29) is 42.4 Å². The van der Waals surface area contributed by atoms with Crippen molar-refractivity contribution in [1.29, 1.82) is 5.26 Å². The third-order valence-electron chi connectivity index (χ3n) is 14.4. The van der Waals surface area contributed by atoms with E-state index in [9.17, 15) is 15.4 Å². The van der Waals surface area contributed by atoms with Crippen molar-refractivity contribution in [2.75, 3.05) is 27.4 Å². The molecule has 0 spiro atoms. The average Bonchev–Trinajstić information content (AvgIpc) is 4.18. The molecule has 0 aliphatic carbocycles. The van der Waals surface area contributed by atoms with E-state index in [1.165, 1.54) is 18.5 Å².